The van der Waals surface area contributed by atoms with Gasteiger partial charge in [-0.2, -0.15) is 0 Å². The van der Waals surface area contributed by atoms with Crippen molar-refractivity contribution in [2.75, 3.05) is 13.2 Å². The molecular weight excluding hydrogens is 496 g/mol. The number of carbonyl (C=O) groups is 2. The van der Waals surface area contributed by atoms with Crippen molar-refractivity contribution in [2.24, 2.45) is 5.16 Å². The molecule has 0 radical (unpaired) electrons. The number of ketones is 2. The molecule has 0 bridgehead atoms. The van der Waals surface area contributed by atoms with Crippen LogP contribution < -0.4 is 0 Å². The lowest BCUT2D eigenvalue weighted by molar-refractivity contribution is 0.103. The van der Waals surface area contributed by atoms with Gasteiger partial charge >= 0.3 is 0 Å². The van der Waals surface area contributed by atoms with Gasteiger partial charge in [0.1, 0.15) is 0 Å². The second kappa shape index (κ2) is 12.0. The average molecular weight is 527 g/mol. The quantitative estimate of drug-likeness (QED) is 0.0559. The zero-order chi connectivity index (χ0) is 27.2. The summed E-state index contributed by atoms with van der Waals surface area (Å²) in [4.78, 5) is 27.2. The lowest BCUT2D eigenvalue weighted by Gasteiger charge is -2.09. The van der Waals surface area contributed by atoms with E-state index in [9.17, 15) is 14.8 Å². The highest BCUT2D eigenvalue weighted by Gasteiger charge is 2.21. The molecule has 0 saturated carbocycles. The molecule has 0 unspecified atom stereocenters. The second-order valence-corrected chi connectivity index (χ2v) is 9.70. The van der Waals surface area contributed by atoms with Gasteiger partial charge in [0.25, 0.3) is 0 Å². The van der Waals surface area contributed by atoms with Crippen LogP contribution in [0.15, 0.2) is 95.0 Å². The number of thiophene rings is 1. The Labute approximate surface area is 225 Å². The van der Waals surface area contributed by atoms with Gasteiger partial charge in [-0.25, -0.2) is 0 Å². The molecule has 2 heterocycles. The van der Waals surface area contributed by atoms with Gasteiger partial charge in [0.15, 0.2) is 5.71 Å². The number of carbonyl (C=O) groups excluding carboxylic acids is 2. The van der Waals surface area contributed by atoms with E-state index >= 15 is 0 Å². The van der Waals surface area contributed by atoms with Gasteiger partial charge in [-0.15, -0.1) is 11.3 Å². The van der Waals surface area contributed by atoms with Crippen molar-refractivity contribution in [3.05, 3.63) is 106 Å². The Hall–Kier alpha value is -4.07. The number of oxime groups is 1. The Morgan fingerprint density at radius 3 is 2.39 bits per heavy atom. The van der Waals surface area contributed by atoms with Crippen LogP contribution in [0.1, 0.15) is 46.4 Å². The van der Waals surface area contributed by atoms with Crippen LogP contribution >= 0.6 is 11.3 Å². The number of aromatic nitrogens is 1. The monoisotopic (exact) mass is 526 g/mol. The number of benzene rings is 2. The van der Waals surface area contributed by atoms with Crippen LogP contribution in [0.25, 0.3) is 21.8 Å². The fourth-order valence-electron chi connectivity index (χ4n) is 4.39. The van der Waals surface area contributed by atoms with Crippen molar-refractivity contribution in [3.8, 4) is 0 Å². The lowest BCUT2D eigenvalue weighted by atomic mass is 9.95. The molecule has 0 aliphatic carbocycles. The van der Waals surface area contributed by atoms with Crippen molar-refractivity contribution >= 4 is 50.4 Å². The van der Waals surface area contributed by atoms with Gasteiger partial charge in [-0.3, -0.25) is 9.59 Å². The molecule has 1 N–H and O–H groups in total. The maximum absolute atomic E-state index is 13.4. The number of allylic oxidation sites excluding steroid dienone is 5. The number of rotatable bonds is 11. The van der Waals surface area contributed by atoms with E-state index in [1.54, 1.807) is 12.1 Å². The Morgan fingerprint density at radius 1 is 1.11 bits per heavy atom. The predicted octanol–water partition coefficient (Wildman–Crippen LogP) is 7.22. The molecule has 0 atom stereocenters. The van der Waals surface area contributed by atoms with Crippen LogP contribution in [-0.2, 0) is 11.3 Å². The van der Waals surface area contributed by atoms with Crippen molar-refractivity contribution in [1.82, 2.24) is 4.57 Å². The van der Waals surface area contributed by atoms with Gasteiger partial charge < -0.3 is 14.5 Å². The third-order valence-electron chi connectivity index (χ3n) is 6.41. The Balaban J connectivity index is 1.83. The van der Waals surface area contributed by atoms with E-state index in [0.717, 1.165) is 27.4 Å². The second-order valence-electron chi connectivity index (χ2n) is 8.75. The molecule has 4 aromatic rings. The minimum Gasteiger partial charge on any atom is -0.410 e. The van der Waals surface area contributed by atoms with E-state index in [1.807, 2.05) is 80.8 Å². The predicted molar refractivity (Wildman–Crippen MR) is 155 cm³/mol. The van der Waals surface area contributed by atoms with E-state index in [1.165, 1.54) is 11.3 Å². The number of Topliss-reactive ketones (excluding diaryl/α,β-unsaturated/α-hetero) is 1. The van der Waals surface area contributed by atoms with Crippen LogP contribution in [0.2, 0.25) is 0 Å². The van der Waals surface area contributed by atoms with Crippen LogP contribution in [0, 0.1) is 0 Å². The normalized spacial score (nSPS) is 12.6. The van der Waals surface area contributed by atoms with E-state index in [0.29, 0.717) is 41.3 Å². The smallest absolute Gasteiger partial charge is 0.215 e. The Morgan fingerprint density at radius 2 is 1.79 bits per heavy atom. The van der Waals surface area contributed by atoms with E-state index in [-0.39, 0.29) is 11.5 Å². The molecule has 2 aromatic heterocycles. The maximum atomic E-state index is 13.4. The molecule has 0 amide bonds. The number of ether oxygens (including phenoxy) is 1. The van der Waals surface area contributed by atoms with Gasteiger partial charge in [-0.05, 0) is 74.2 Å². The van der Waals surface area contributed by atoms with Gasteiger partial charge in [0, 0.05) is 51.7 Å². The highest BCUT2D eigenvalue weighted by atomic mass is 32.1. The molecule has 0 aliphatic rings. The first-order valence-electron chi connectivity index (χ1n) is 12.4. The Kier molecular flexibility index (Phi) is 8.51. The molecule has 2 aromatic carbocycles. The standard InChI is InChI=1S/C31H30N2O4S/c1-5-7-9-20(3)21(4)29(32-36)31(35)23-12-14-27-25(19-23)24-18-22(30(34)28-10-8-17-38-28)11-13-26(24)33(27)15-16-37-6-2/h5,7-14,17-19,36H,4,6,15-16H2,1-3H3/b7-5-,20-9-,32-29-. The fraction of sp³-hybridized carbons (Fsp3) is 0.194. The average Bonchev–Trinajstić information content (AvgIpc) is 3.58. The van der Waals surface area contributed by atoms with Gasteiger partial charge in [-0.1, -0.05) is 36.0 Å². The molecule has 0 aliphatic heterocycles. The zero-order valence-electron chi connectivity index (χ0n) is 21.7. The first-order valence-corrected chi connectivity index (χ1v) is 13.3. The molecule has 6 nitrogen and oxygen atoms in total. The molecule has 194 valence electrons. The first kappa shape index (κ1) is 27.0. The van der Waals surface area contributed by atoms with Gasteiger partial charge in [0.05, 0.1) is 11.5 Å². The summed E-state index contributed by atoms with van der Waals surface area (Å²) >= 11 is 1.41. The SMILES string of the molecule is C=C(/C(C)=C\C=C/C)/C(=N/O)C(=O)c1ccc2c(c1)c1cc(C(=O)c3cccs3)ccc1n2CCOCC. The summed E-state index contributed by atoms with van der Waals surface area (Å²) < 4.78 is 7.75. The van der Waals surface area contributed by atoms with E-state index < -0.39 is 5.78 Å². The molecule has 0 fully saturated rings. The highest BCUT2D eigenvalue weighted by molar-refractivity contribution is 7.12. The third-order valence-corrected chi connectivity index (χ3v) is 7.28. The minimum atomic E-state index is -0.436. The van der Waals surface area contributed by atoms with Crippen molar-refractivity contribution < 1.29 is 19.5 Å². The molecule has 0 spiro atoms. The van der Waals surface area contributed by atoms with Crippen LogP contribution in [0.3, 0.4) is 0 Å². The largest absolute Gasteiger partial charge is 0.410 e. The Bertz CT molecular complexity index is 1600. The van der Waals surface area contributed by atoms with Crippen molar-refractivity contribution in [2.45, 2.75) is 27.3 Å². The summed E-state index contributed by atoms with van der Waals surface area (Å²) in [5.41, 5.74) is 3.75. The summed E-state index contributed by atoms with van der Waals surface area (Å²) in [6, 6.07) is 14.7. The van der Waals surface area contributed by atoms with Gasteiger partial charge in [0.2, 0.25) is 11.6 Å². The first-order chi connectivity index (χ1) is 18.4. The van der Waals surface area contributed by atoms with Crippen LogP contribution in [0.4, 0.5) is 0 Å². The summed E-state index contributed by atoms with van der Waals surface area (Å²) in [6.45, 7) is 11.4. The summed E-state index contributed by atoms with van der Waals surface area (Å²) in [6.07, 6.45) is 5.50. The summed E-state index contributed by atoms with van der Waals surface area (Å²) in [5.74, 6) is -0.479. The third kappa shape index (κ3) is 5.30. The lowest BCUT2D eigenvalue weighted by Crippen LogP contribution is -2.17. The summed E-state index contributed by atoms with van der Waals surface area (Å²) in [5, 5.41) is 16.6. The maximum Gasteiger partial charge on any atom is 0.215 e. The molecule has 4 rings (SSSR count). The van der Waals surface area contributed by atoms with Crippen molar-refractivity contribution in [3.63, 3.8) is 0 Å². The van der Waals surface area contributed by atoms with E-state index in [2.05, 4.69) is 16.3 Å². The van der Waals surface area contributed by atoms with Crippen LogP contribution in [0.5, 0.6) is 0 Å². The minimum absolute atomic E-state index is 0.0428. The number of hydrogen-bond acceptors (Lipinski definition) is 6. The van der Waals surface area contributed by atoms with E-state index in [4.69, 9.17) is 4.74 Å². The number of fused-ring (bicyclic) bond motifs is 3. The zero-order valence-corrected chi connectivity index (χ0v) is 22.5. The topological polar surface area (TPSA) is 80.9 Å². The number of nitrogens with zero attached hydrogens (tertiary/aromatic N) is 2. The molecule has 38 heavy (non-hydrogen) atoms. The van der Waals surface area contributed by atoms with Crippen molar-refractivity contribution in [1.29, 1.82) is 0 Å². The highest BCUT2D eigenvalue weighted by Crippen LogP contribution is 2.32. The fourth-order valence-corrected chi connectivity index (χ4v) is 5.07. The molecule has 0 saturated heterocycles. The summed E-state index contributed by atoms with van der Waals surface area (Å²) in [7, 11) is 0. The molecule has 7 heteroatoms. The van der Waals surface area contributed by atoms with Crippen LogP contribution in [-0.4, -0.2) is 40.3 Å². The molecular formula is C31H30N2O4S. The number of hydrogen-bond donors (Lipinski definition) is 1.